The van der Waals surface area contributed by atoms with Crippen molar-refractivity contribution in [1.29, 1.82) is 5.26 Å². The second-order valence-corrected chi connectivity index (χ2v) is 7.61. The minimum atomic E-state index is 0.459. The maximum atomic E-state index is 9.76. The summed E-state index contributed by atoms with van der Waals surface area (Å²) in [4.78, 5) is 9.57. The number of likely N-dealkylation sites (N-methyl/N-ethyl adjacent to an activating group) is 1. The molecule has 0 radical (unpaired) electrons. The van der Waals surface area contributed by atoms with Crippen LogP contribution in [0.2, 0.25) is 0 Å². The average molecular weight is 428 g/mol. The fourth-order valence-electron chi connectivity index (χ4n) is 3.52. The molecular weight excluding hydrogens is 402 g/mol. The number of aromatic amines is 1. The van der Waals surface area contributed by atoms with Crippen molar-refractivity contribution in [2.24, 2.45) is 0 Å². The van der Waals surface area contributed by atoms with Crippen LogP contribution in [0.3, 0.4) is 0 Å². The summed E-state index contributed by atoms with van der Waals surface area (Å²) >= 11 is 0. The number of fused-ring (bicyclic) bond motifs is 1. The zero-order chi connectivity index (χ0) is 22.5. The topological polar surface area (TPSA) is 86.2 Å². The van der Waals surface area contributed by atoms with E-state index in [-0.39, 0.29) is 0 Å². The molecule has 4 aromatic rings. The molecule has 7 nitrogen and oxygen atoms in total. The Labute approximate surface area is 187 Å². The van der Waals surface area contributed by atoms with Crippen molar-refractivity contribution in [3.63, 3.8) is 0 Å². The van der Waals surface area contributed by atoms with Crippen LogP contribution in [0.4, 0.5) is 11.4 Å². The summed E-state index contributed by atoms with van der Waals surface area (Å²) in [5.74, 6) is 1.30. The van der Waals surface area contributed by atoms with E-state index in [9.17, 15) is 5.26 Å². The minimum absolute atomic E-state index is 0.459. The number of hydrogen-bond acceptors (Lipinski definition) is 6. The molecule has 0 amide bonds. The molecule has 0 fully saturated rings. The second kappa shape index (κ2) is 9.41. The number of hydrogen-bond donors (Lipinski definition) is 2. The first-order chi connectivity index (χ1) is 15.6. The molecule has 0 bridgehead atoms. The number of aromatic nitrogens is 2. The van der Waals surface area contributed by atoms with E-state index < -0.39 is 0 Å². The fraction of sp³-hybridized carbons (Fsp3) is 0.200. The summed E-state index contributed by atoms with van der Waals surface area (Å²) < 4.78 is 11.5. The van der Waals surface area contributed by atoms with Gasteiger partial charge in [-0.05, 0) is 50.0 Å². The molecule has 162 valence electrons. The van der Waals surface area contributed by atoms with Crippen LogP contribution in [0.1, 0.15) is 5.56 Å². The molecule has 0 spiro atoms. The quantitative estimate of drug-likeness (QED) is 0.420. The highest BCUT2D eigenvalue weighted by atomic mass is 16.5. The predicted molar refractivity (Wildman–Crippen MR) is 127 cm³/mol. The molecule has 0 aliphatic heterocycles. The number of nitrogens with zero attached hydrogens (tertiary/aromatic N) is 3. The summed E-state index contributed by atoms with van der Waals surface area (Å²) in [5.41, 5.74) is 4.76. The molecule has 7 heteroatoms. The predicted octanol–water partition coefficient (Wildman–Crippen LogP) is 4.79. The molecule has 4 rings (SSSR count). The number of anilines is 2. The number of H-pyrrole nitrogens is 1. The Morgan fingerprint density at radius 2 is 2.00 bits per heavy atom. The first-order valence-corrected chi connectivity index (χ1v) is 10.3. The van der Waals surface area contributed by atoms with Crippen LogP contribution < -0.4 is 14.8 Å². The molecular formula is C25H25N5O2. The summed E-state index contributed by atoms with van der Waals surface area (Å²) in [7, 11) is 5.62. The van der Waals surface area contributed by atoms with Crippen molar-refractivity contribution in [3.8, 4) is 28.7 Å². The highest BCUT2D eigenvalue weighted by Gasteiger charge is 2.15. The van der Waals surface area contributed by atoms with E-state index >= 15 is 0 Å². The van der Waals surface area contributed by atoms with Crippen LogP contribution in [0.5, 0.6) is 11.5 Å². The van der Waals surface area contributed by atoms with Gasteiger partial charge in [-0.1, -0.05) is 12.1 Å². The lowest BCUT2D eigenvalue weighted by molar-refractivity contribution is 0.251. The Balaban J connectivity index is 1.76. The fourth-order valence-corrected chi connectivity index (χ4v) is 3.52. The van der Waals surface area contributed by atoms with Crippen LogP contribution in [0.25, 0.3) is 22.0 Å². The van der Waals surface area contributed by atoms with Crippen LogP contribution in [-0.4, -0.2) is 49.2 Å². The summed E-state index contributed by atoms with van der Waals surface area (Å²) in [6.07, 6.45) is 5.22. The van der Waals surface area contributed by atoms with E-state index in [2.05, 4.69) is 26.3 Å². The lowest BCUT2D eigenvalue weighted by Crippen LogP contribution is -2.19. The van der Waals surface area contributed by atoms with Gasteiger partial charge in [-0.25, -0.2) is 0 Å². The number of nitriles is 1. The van der Waals surface area contributed by atoms with Crippen molar-refractivity contribution in [3.05, 3.63) is 66.6 Å². The Morgan fingerprint density at radius 3 is 2.78 bits per heavy atom. The smallest absolute Gasteiger partial charge is 0.161 e. The number of rotatable bonds is 8. The zero-order valence-electron chi connectivity index (χ0n) is 18.3. The Hall–Kier alpha value is -4.02. The Kier molecular flexibility index (Phi) is 6.24. The van der Waals surface area contributed by atoms with Crippen molar-refractivity contribution in [2.75, 3.05) is 39.7 Å². The molecule has 0 aliphatic carbocycles. The van der Waals surface area contributed by atoms with Gasteiger partial charge in [0.1, 0.15) is 12.7 Å². The standard InChI is InChI=1S/C25H25N5O2/c1-30(2)11-12-32-24-13-17(7-8-23(24)31-3)20-16-27-15-18(14-26)25(20)29-22-6-4-5-21-19(22)9-10-28-21/h4-10,13,15-16,28H,11-12H2,1-3H3,(H,27,29). The van der Waals surface area contributed by atoms with Gasteiger partial charge in [-0.15, -0.1) is 0 Å². The normalized spacial score (nSPS) is 10.8. The third-order valence-electron chi connectivity index (χ3n) is 5.19. The maximum Gasteiger partial charge on any atom is 0.161 e. The lowest BCUT2D eigenvalue weighted by Gasteiger charge is -2.17. The molecule has 2 aromatic carbocycles. The molecule has 2 N–H and O–H groups in total. The van der Waals surface area contributed by atoms with E-state index in [1.165, 1.54) is 0 Å². The van der Waals surface area contributed by atoms with E-state index in [1.54, 1.807) is 19.5 Å². The van der Waals surface area contributed by atoms with Gasteiger partial charge in [0, 0.05) is 47.3 Å². The number of nitrogens with one attached hydrogen (secondary N) is 2. The Morgan fingerprint density at radius 1 is 1.12 bits per heavy atom. The number of benzene rings is 2. The van der Waals surface area contributed by atoms with E-state index in [1.807, 2.05) is 62.8 Å². The molecule has 2 heterocycles. The molecule has 0 aliphatic rings. The minimum Gasteiger partial charge on any atom is -0.493 e. The molecule has 0 saturated heterocycles. The van der Waals surface area contributed by atoms with Crippen LogP contribution in [0.15, 0.2) is 61.1 Å². The highest BCUT2D eigenvalue weighted by Crippen LogP contribution is 2.38. The van der Waals surface area contributed by atoms with Gasteiger partial charge in [0.15, 0.2) is 11.5 Å². The van der Waals surface area contributed by atoms with E-state index in [4.69, 9.17) is 9.47 Å². The zero-order valence-corrected chi connectivity index (χ0v) is 18.3. The summed E-state index contributed by atoms with van der Waals surface area (Å²) in [6.45, 7) is 1.32. The molecule has 2 aromatic heterocycles. The SMILES string of the molecule is COc1ccc(-c2cncc(C#N)c2Nc2cccc3[nH]ccc23)cc1OCCN(C)C. The average Bonchev–Trinajstić information content (AvgIpc) is 3.29. The van der Waals surface area contributed by atoms with E-state index in [0.717, 1.165) is 34.3 Å². The lowest BCUT2D eigenvalue weighted by atomic mass is 10.0. The van der Waals surface area contributed by atoms with Crippen LogP contribution in [-0.2, 0) is 0 Å². The molecule has 0 saturated carbocycles. The molecule has 0 atom stereocenters. The van der Waals surface area contributed by atoms with Gasteiger partial charge in [-0.2, -0.15) is 5.26 Å². The highest BCUT2D eigenvalue weighted by molar-refractivity contribution is 5.96. The van der Waals surface area contributed by atoms with Gasteiger partial charge >= 0.3 is 0 Å². The van der Waals surface area contributed by atoms with Crippen LogP contribution in [0, 0.1) is 11.3 Å². The molecule has 32 heavy (non-hydrogen) atoms. The van der Waals surface area contributed by atoms with E-state index in [0.29, 0.717) is 29.4 Å². The van der Waals surface area contributed by atoms with Crippen molar-refractivity contribution in [2.45, 2.75) is 0 Å². The van der Waals surface area contributed by atoms with Gasteiger partial charge < -0.3 is 24.7 Å². The summed E-state index contributed by atoms with van der Waals surface area (Å²) in [6, 6.07) is 16.0. The van der Waals surface area contributed by atoms with Crippen LogP contribution >= 0.6 is 0 Å². The maximum absolute atomic E-state index is 9.76. The monoisotopic (exact) mass is 427 g/mol. The number of ether oxygens (including phenoxy) is 2. The van der Waals surface area contributed by atoms with Gasteiger partial charge in [-0.3, -0.25) is 4.98 Å². The van der Waals surface area contributed by atoms with Gasteiger partial charge in [0.25, 0.3) is 0 Å². The van der Waals surface area contributed by atoms with Crippen molar-refractivity contribution >= 4 is 22.3 Å². The third-order valence-corrected chi connectivity index (χ3v) is 5.19. The number of methoxy groups -OCH3 is 1. The first kappa shape index (κ1) is 21.2. The largest absolute Gasteiger partial charge is 0.493 e. The Bertz CT molecular complexity index is 1270. The first-order valence-electron chi connectivity index (χ1n) is 10.3. The van der Waals surface area contributed by atoms with Gasteiger partial charge in [0.05, 0.1) is 18.4 Å². The van der Waals surface area contributed by atoms with Gasteiger partial charge in [0.2, 0.25) is 0 Å². The third kappa shape index (κ3) is 4.36. The van der Waals surface area contributed by atoms with Crippen molar-refractivity contribution < 1.29 is 9.47 Å². The second-order valence-electron chi connectivity index (χ2n) is 7.61. The number of pyridine rings is 1. The summed E-state index contributed by atoms with van der Waals surface area (Å²) in [5, 5.41) is 14.3. The van der Waals surface area contributed by atoms with Crippen molar-refractivity contribution in [1.82, 2.24) is 14.9 Å². The molecule has 0 unspecified atom stereocenters.